The fourth-order valence-corrected chi connectivity index (χ4v) is 1.97. The summed E-state index contributed by atoms with van der Waals surface area (Å²) in [6.07, 6.45) is 0.223. The minimum Gasteiger partial charge on any atom is -0.323 e. The van der Waals surface area contributed by atoms with Crippen LogP contribution in [0.25, 0.3) is 0 Å². The van der Waals surface area contributed by atoms with Gasteiger partial charge in [-0.1, -0.05) is 34.1 Å². The first-order valence-corrected chi connectivity index (χ1v) is 6.64. The summed E-state index contributed by atoms with van der Waals surface area (Å²) in [4.78, 5) is 11.8. The lowest BCUT2D eigenvalue weighted by atomic mass is 10.1. The van der Waals surface area contributed by atoms with E-state index in [1.54, 1.807) is 19.1 Å². The van der Waals surface area contributed by atoms with E-state index in [4.69, 9.17) is 0 Å². The van der Waals surface area contributed by atoms with E-state index in [-0.39, 0.29) is 18.0 Å². The molecule has 1 amide bonds. The Labute approximate surface area is 119 Å². The van der Waals surface area contributed by atoms with Gasteiger partial charge in [0, 0.05) is 4.47 Å². The molecular formula is C15H13BrFNO. The number of hydrogen-bond acceptors (Lipinski definition) is 1. The Morgan fingerprint density at radius 1 is 1.21 bits per heavy atom. The fraction of sp³-hybridized carbons (Fsp3) is 0.133. The minimum absolute atomic E-state index is 0.215. The van der Waals surface area contributed by atoms with Gasteiger partial charge in [-0.05, 0) is 42.3 Å². The molecule has 0 aliphatic rings. The summed E-state index contributed by atoms with van der Waals surface area (Å²) in [6, 6.07) is 12.2. The zero-order valence-electron chi connectivity index (χ0n) is 10.4. The smallest absolute Gasteiger partial charge is 0.228 e. The number of rotatable bonds is 3. The van der Waals surface area contributed by atoms with Crippen LogP contribution in [0.2, 0.25) is 0 Å². The van der Waals surface area contributed by atoms with Crippen molar-refractivity contribution in [3.63, 3.8) is 0 Å². The summed E-state index contributed by atoms with van der Waals surface area (Å²) in [6.45, 7) is 1.80. The average Bonchev–Trinajstić information content (AvgIpc) is 2.36. The van der Waals surface area contributed by atoms with Crippen molar-refractivity contribution in [1.82, 2.24) is 0 Å². The molecule has 0 atom stereocenters. The predicted octanol–water partition coefficient (Wildman–Crippen LogP) is 4.08. The number of amides is 1. The van der Waals surface area contributed by atoms with Crippen molar-refractivity contribution in [1.29, 1.82) is 0 Å². The molecular weight excluding hydrogens is 309 g/mol. The standard InChI is InChI=1S/C15H13BrFNO/c1-10-2-7-14(13(17)8-10)18-15(19)9-11-3-5-12(16)6-4-11/h2-8H,9H2,1H3,(H,18,19). The molecule has 0 fully saturated rings. The summed E-state index contributed by atoms with van der Waals surface area (Å²) in [5.74, 6) is -0.644. The molecule has 2 nitrogen and oxygen atoms in total. The molecule has 2 rings (SSSR count). The first-order chi connectivity index (χ1) is 9.04. The molecule has 0 heterocycles. The van der Waals surface area contributed by atoms with Crippen LogP contribution in [-0.4, -0.2) is 5.91 Å². The van der Waals surface area contributed by atoms with Crippen molar-refractivity contribution in [2.45, 2.75) is 13.3 Å². The quantitative estimate of drug-likeness (QED) is 0.906. The van der Waals surface area contributed by atoms with Crippen LogP contribution in [-0.2, 0) is 11.2 Å². The average molecular weight is 322 g/mol. The molecule has 0 saturated heterocycles. The van der Waals surface area contributed by atoms with Crippen molar-refractivity contribution in [2.75, 3.05) is 5.32 Å². The van der Waals surface area contributed by atoms with Crippen molar-refractivity contribution >= 4 is 27.5 Å². The van der Waals surface area contributed by atoms with Gasteiger partial charge in [0.2, 0.25) is 5.91 Å². The molecule has 2 aromatic carbocycles. The third kappa shape index (κ3) is 3.89. The number of nitrogens with one attached hydrogen (secondary N) is 1. The van der Waals surface area contributed by atoms with Gasteiger partial charge in [-0.3, -0.25) is 4.79 Å². The van der Waals surface area contributed by atoms with Gasteiger partial charge >= 0.3 is 0 Å². The van der Waals surface area contributed by atoms with E-state index < -0.39 is 5.82 Å². The van der Waals surface area contributed by atoms with E-state index in [0.717, 1.165) is 15.6 Å². The Bertz CT molecular complexity index is 596. The second kappa shape index (κ2) is 5.97. The van der Waals surface area contributed by atoms with E-state index in [9.17, 15) is 9.18 Å². The number of hydrogen-bond donors (Lipinski definition) is 1. The Morgan fingerprint density at radius 2 is 1.89 bits per heavy atom. The van der Waals surface area contributed by atoms with Crippen LogP contribution in [0.3, 0.4) is 0 Å². The van der Waals surface area contributed by atoms with Crippen molar-refractivity contribution in [3.05, 3.63) is 63.9 Å². The van der Waals surface area contributed by atoms with Gasteiger partial charge in [0.25, 0.3) is 0 Å². The normalized spacial score (nSPS) is 10.3. The summed E-state index contributed by atoms with van der Waals surface area (Å²) in [7, 11) is 0. The molecule has 0 radical (unpaired) electrons. The first kappa shape index (κ1) is 13.7. The van der Waals surface area contributed by atoms with E-state index in [1.807, 2.05) is 24.3 Å². The van der Waals surface area contributed by atoms with Gasteiger partial charge in [0.05, 0.1) is 12.1 Å². The molecule has 4 heteroatoms. The second-order valence-electron chi connectivity index (χ2n) is 4.33. The van der Waals surface area contributed by atoms with Crippen LogP contribution < -0.4 is 5.32 Å². The number of aryl methyl sites for hydroxylation is 1. The molecule has 0 aromatic heterocycles. The number of halogens is 2. The Kier molecular flexibility index (Phi) is 4.32. The van der Waals surface area contributed by atoms with Gasteiger partial charge < -0.3 is 5.32 Å². The van der Waals surface area contributed by atoms with Crippen LogP contribution in [0, 0.1) is 12.7 Å². The molecule has 0 aliphatic heterocycles. The van der Waals surface area contributed by atoms with Crippen molar-refractivity contribution in [2.24, 2.45) is 0 Å². The summed E-state index contributed by atoms with van der Waals surface area (Å²) < 4.78 is 14.5. The van der Waals surface area contributed by atoms with Crippen LogP contribution in [0.15, 0.2) is 46.9 Å². The predicted molar refractivity (Wildman–Crippen MR) is 77.6 cm³/mol. The van der Waals surface area contributed by atoms with Gasteiger partial charge in [-0.2, -0.15) is 0 Å². The van der Waals surface area contributed by atoms with Gasteiger partial charge in [-0.15, -0.1) is 0 Å². The van der Waals surface area contributed by atoms with Crippen LogP contribution >= 0.6 is 15.9 Å². The van der Waals surface area contributed by atoms with Crippen LogP contribution in [0.4, 0.5) is 10.1 Å². The lowest BCUT2D eigenvalue weighted by Gasteiger charge is -2.07. The maximum atomic E-state index is 13.6. The summed E-state index contributed by atoms with van der Waals surface area (Å²) >= 11 is 3.33. The molecule has 0 aliphatic carbocycles. The molecule has 19 heavy (non-hydrogen) atoms. The third-order valence-corrected chi connectivity index (χ3v) is 3.21. The van der Waals surface area contributed by atoms with Gasteiger partial charge in [0.15, 0.2) is 0 Å². The maximum Gasteiger partial charge on any atom is 0.228 e. The molecule has 98 valence electrons. The minimum atomic E-state index is -0.413. The maximum absolute atomic E-state index is 13.6. The van der Waals surface area contributed by atoms with E-state index in [1.165, 1.54) is 6.07 Å². The number of carbonyl (C=O) groups excluding carboxylic acids is 1. The van der Waals surface area contributed by atoms with Crippen molar-refractivity contribution in [3.8, 4) is 0 Å². The highest BCUT2D eigenvalue weighted by molar-refractivity contribution is 9.10. The number of anilines is 1. The monoisotopic (exact) mass is 321 g/mol. The molecule has 2 aromatic rings. The first-order valence-electron chi connectivity index (χ1n) is 5.85. The lowest BCUT2D eigenvalue weighted by Crippen LogP contribution is -2.15. The fourth-order valence-electron chi connectivity index (χ4n) is 1.70. The molecule has 1 N–H and O–H groups in total. The third-order valence-electron chi connectivity index (χ3n) is 2.68. The molecule has 0 bridgehead atoms. The summed E-state index contributed by atoms with van der Waals surface area (Å²) in [5, 5.41) is 2.57. The Balaban J connectivity index is 2.03. The molecule has 0 saturated carbocycles. The zero-order chi connectivity index (χ0) is 13.8. The highest BCUT2D eigenvalue weighted by atomic mass is 79.9. The SMILES string of the molecule is Cc1ccc(NC(=O)Cc2ccc(Br)cc2)c(F)c1. The van der Waals surface area contributed by atoms with Gasteiger partial charge in [0.1, 0.15) is 5.82 Å². The zero-order valence-corrected chi connectivity index (χ0v) is 12.0. The van der Waals surface area contributed by atoms with E-state index in [0.29, 0.717) is 0 Å². The largest absolute Gasteiger partial charge is 0.323 e. The second-order valence-corrected chi connectivity index (χ2v) is 5.25. The molecule has 0 spiro atoms. The van der Waals surface area contributed by atoms with Crippen molar-refractivity contribution < 1.29 is 9.18 Å². The highest BCUT2D eigenvalue weighted by Crippen LogP contribution is 2.16. The number of carbonyl (C=O) groups is 1. The van der Waals surface area contributed by atoms with E-state index in [2.05, 4.69) is 21.2 Å². The lowest BCUT2D eigenvalue weighted by molar-refractivity contribution is -0.115. The topological polar surface area (TPSA) is 29.1 Å². The number of benzene rings is 2. The van der Waals surface area contributed by atoms with Gasteiger partial charge in [-0.25, -0.2) is 4.39 Å². The Hall–Kier alpha value is -1.68. The Morgan fingerprint density at radius 3 is 2.53 bits per heavy atom. The van der Waals surface area contributed by atoms with Crippen LogP contribution in [0.1, 0.15) is 11.1 Å². The van der Waals surface area contributed by atoms with E-state index >= 15 is 0 Å². The highest BCUT2D eigenvalue weighted by Gasteiger charge is 2.07. The van der Waals surface area contributed by atoms with Crippen LogP contribution in [0.5, 0.6) is 0 Å². The summed E-state index contributed by atoms with van der Waals surface area (Å²) in [5.41, 5.74) is 1.92. The molecule has 0 unspecified atom stereocenters.